The van der Waals surface area contributed by atoms with E-state index in [1.165, 1.54) is 16.9 Å². The van der Waals surface area contributed by atoms with Crippen molar-refractivity contribution in [1.29, 1.82) is 0 Å². The molecule has 4 nitrogen and oxygen atoms in total. The van der Waals surface area contributed by atoms with E-state index in [2.05, 4.69) is 18.2 Å². The molecular weight excluding hydrogens is 499 g/mol. The molecule has 6 rings (SSSR count). The number of thiazole rings is 1. The summed E-state index contributed by atoms with van der Waals surface area (Å²) >= 11 is 14.0. The van der Waals surface area contributed by atoms with Crippen LogP contribution in [0.1, 0.15) is 34.7 Å². The smallest absolute Gasteiger partial charge is 0.271 e. The Morgan fingerprint density at radius 1 is 1.03 bits per heavy atom. The molecular formula is C28H20Cl2N2O2S. The van der Waals surface area contributed by atoms with Gasteiger partial charge in [0.15, 0.2) is 4.80 Å². The molecule has 1 aromatic heterocycles. The molecule has 1 aliphatic carbocycles. The monoisotopic (exact) mass is 518 g/mol. The Labute approximate surface area is 216 Å². The van der Waals surface area contributed by atoms with Crippen molar-refractivity contribution in [3.8, 4) is 5.75 Å². The molecule has 0 bridgehead atoms. The molecule has 7 heteroatoms. The SMILES string of the molecule is COc1ccc(C2C3=C(N=c4sc(=Cc5cccc(Cl)c5Cl)c(=O)n42)c2ccccc2CC3)cc1. The molecule has 4 aromatic rings. The van der Waals surface area contributed by atoms with Gasteiger partial charge in [-0.25, -0.2) is 4.99 Å². The molecule has 1 atom stereocenters. The van der Waals surface area contributed by atoms with E-state index >= 15 is 0 Å². The Balaban J connectivity index is 1.62. The van der Waals surface area contributed by atoms with Crippen molar-refractivity contribution >= 4 is 46.3 Å². The molecule has 2 heterocycles. The molecule has 0 amide bonds. The normalized spacial score (nSPS) is 16.9. The van der Waals surface area contributed by atoms with Crippen LogP contribution in [0.4, 0.5) is 0 Å². The minimum atomic E-state index is -0.238. The second-order valence-electron chi connectivity index (χ2n) is 8.53. The maximum atomic E-state index is 13.8. The lowest BCUT2D eigenvalue weighted by Gasteiger charge is -2.30. The van der Waals surface area contributed by atoms with E-state index in [0.717, 1.165) is 41.0 Å². The number of nitrogens with zero attached hydrogens (tertiary/aromatic N) is 2. The lowest BCUT2D eigenvalue weighted by molar-refractivity contribution is 0.414. The minimum Gasteiger partial charge on any atom is -0.497 e. The fraction of sp³-hybridized carbons (Fsp3) is 0.143. The standard InChI is InChI=1S/C28H20Cl2N2O2S/c1-34-19-12-9-17(10-13-19)26-21-14-11-16-5-2-3-7-20(16)25(21)31-28-32(26)27(33)23(35-28)15-18-6-4-8-22(29)24(18)30/h2-10,12-13,15,26H,11,14H2,1H3. The maximum Gasteiger partial charge on any atom is 0.271 e. The topological polar surface area (TPSA) is 43.6 Å². The highest BCUT2D eigenvalue weighted by atomic mass is 35.5. The highest BCUT2D eigenvalue weighted by Gasteiger charge is 2.32. The van der Waals surface area contributed by atoms with E-state index in [-0.39, 0.29) is 11.6 Å². The largest absolute Gasteiger partial charge is 0.497 e. The summed E-state index contributed by atoms with van der Waals surface area (Å²) in [5.41, 5.74) is 6.21. The first-order chi connectivity index (χ1) is 17.0. The minimum absolute atomic E-state index is 0.0870. The van der Waals surface area contributed by atoms with Crippen LogP contribution in [0.15, 0.2) is 82.1 Å². The van der Waals surface area contributed by atoms with Gasteiger partial charge in [-0.05, 0) is 59.4 Å². The summed E-state index contributed by atoms with van der Waals surface area (Å²) in [7, 11) is 1.65. The predicted octanol–water partition coefficient (Wildman–Crippen LogP) is 5.63. The van der Waals surface area contributed by atoms with Crippen molar-refractivity contribution < 1.29 is 4.74 Å². The van der Waals surface area contributed by atoms with E-state index in [4.69, 9.17) is 32.9 Å². The van der Waals surface area contributed by atoms with Gasteiger partial charge < -0.3 is 4.74 Å². The fourth-order valence-electron chi connectivity index (χ4n) is 4.88. The van der Waals surface area contributed by atoms with Crippen LogP contribution >= 0.6 is 34.5 Å². The molecule has 0 saturated carbocycles. The van der Waals surface area contributed by atoms with Crippen molar-refractivity contribution in [1.82, 2.24) is 4.57 Å². The lowest BCUT2D eigenvalue weighted by Crippen LogP contribution is -2.38. The van der Waals surface area contributed by atoms with Crippen molar-refractivity contribution in [2.24, 2.45) is 4.99 Å². The van der Waals surface area contributed by atoms with Crippen molar-refractivity contribution in [3.05, 3.63) is 124 Å². The van der Waals surface area contributed by atoms with Gasteiger partial charge >= 0.3 is 0 Å². The van der Waals surface area contributed by atoms with Gasteiger partial charge in [0.2, 0.25) is 0 Å². The third-order valence-electron chi connectivity index (χ3n) is 6.57. The molecule has 0 radical (unpaired) electrons. The number of methoxy groups -OCH3 is 1. The van der Waals surface area contributed by atoms with Gasteiger partial charge in [-0.2, -0.15) is 0 Å². The molecule has 1 aliphatic heterocycles. The van der Waals surface area contributed by atoms with Gasteiger partial charge in [-0.3, -0.25) is 9.36 Å². The van der Waals surface area contributed by atoms with Crippen LogP contribution < -0.4 is 19.6 Å². The number of hydrogen-bond acceptors (Lipinski definition) is 4. The van der Waals surface area contributed by atoms with E-state index in [1.54, 1.807) is 19.3 Å². The van der Waals surface area contributed by atoms with Crippen molar-refractivity contribution in [3.63, 3.8) is 0 Å². The van der Waals surface area contributed by atoms with E-state index in [0.29, 0.717) is 24.9 Å². The number of aryl methyl sites for hydroxylation is 1. The van der Waals surface area contributed by atoms with Crippen LogP contribution in [0, 0.1) is 0 Å². The number of rotatable bonds is 3. The predicted molar refractivity (Wildman–Crippen MR) is 142 cm³/mol. The number of fused-ring (bicyclic) bond motifs is 3. The van der Waals surface area contributed by atoms with Crippen LogP contribution in [0.3, 0.4) is 0 Å². The van der Waals surface area contributed by atoms with E-state index < -0.39 is 0 Å². The fourth-order valence-corrected chi connectivity index (χ4v) is 6.24. The van der Waals surface area contributed by atoms with E-state index in [1.807, 2.05) is 47.0 Å². The Hall–Kier alpha value is -3.12. The zero-order chi connectivity index (χ0) is 24.1. The molecule has 2 aliphatic rings. The Morgan fingerprint density at radius 3 is 2.63 bits per heavy atom. The first-order valence-corrected chi connectivity index (χ1v) is 12.8. The number of ether oxygens (including phenoxy) is 1. The lowest BCUT2D eigenvalue weighted by atomic mass is 9.83. The zero-order valence-corrected chi connectivity index (χ0v) is 21.1. The molecule has 0 N–H and O–H groups in total. The first kappa shape index (κ1) is 22.4. The number of hydrogen-bond donors (Lipinski definition) is 0. The Morgan fingerprint density at radius 2 is 1.83 bits per heavy atom. The summed E-state index contributed by atoms with van der Waals surface area (Å²) in [4.78, 5) is 19.5. The maximum absolute atomic E-state index is 13.8. The summed E-state index contributed by atoms with van der Waals surface area (Å²) in [5, 5.41) is 0.885. The van der Waals surface area contributed by atoms with Gasteiger partial charge in [-0.1, -0.05) is 83.1 Å². The third kappa shape index (κ3) is 3.75. The summed E-state index contributed by atoms with van der Waals surface area (Å²) in [6, 6.07) is 21.5. The zero-order valence-electron chi connectivity index (χ0n) is 18.8. The third-order valence-corrected chi connectivity index (χ3v) is 8.39. The van der Waals surface area contributed by atoms with Crippen molar-refractivity contribution in [2.75, 3.05) is 7.11 Å². The van der Waals surface area contributed by atoms with Gasteiger partial charge in [0.25, 0.3) is 5.56 Å². The van der Waals surface area contributed by atoms with Gasteiger partial charge in [0.1, 0.15) is 5.75 Å². The summed E-state index contributed by atoms with van der Waals surface area (Å²) in [6.45, 7) is 0. The second-order valence-corrected chi connectivity index (χ2v) is 10.3. The summed E-state index contributed by atoms with van der Waals surface area (Å²) < 4.78 is 7.76. The average molecular weight is 519 g/mol. The number of benzene rings is 3. The Bertz CT molecular complexity index is 1680. The van der Waals surface area contributed by atoms with Crippen LogP contribution in [0.25, 0.3) is 11.8 Å². The average Bonchev–Trinajstić information content (AvgIpc) is 3.20. The molecule has 0 spiro atoms. The second kappa shape index (κ2) is 8.83. The molecule has 1 unspecified atom stereocenters. The van der Waals surface area contributed by atoms with Gasteiger partial charge in [0.05, 0.1) is 33.4 Å². The quantitative estimate of drug-likeness (QED) is 0.352. The number of halogens is 2. The number of allylic oxidation sites excluding steroid dienone is 1. The van der Waals surface area contributed by atoms with Crippen LogP contribution in [0.2, 0.25) is 10.0 Å². The van der Waals surface area contributed by atoms with E-state index in [9.17, 15) is 4.79 Å². The number of aromatic nitrogens is 1. The van der Waals surface area contributed by atoms with Crippen molar-refractivity contribution in [2.45, 2.75) is 18.9 Å². The molecule has 174 valence electrons. The van der Waals surface area contributed by atoms with Gasteiger partial charge in [-0.15, -0.1) is 0 Å². The molecule has 0 fully saturated rings. The Kier molecular flexibility index (Phi) is 5.64. The van der Waals surface area contributed by atoms with Crippen LogP contribution in [0.5, 0.6) is 5.75 Å². The summed E-state index contributed by atoms with van der Waals surface area (Å²) in [5.74, 6) is 0.778. The molecule has 3 aromatic carbocycles. The van der Waals surface area contributed by atoms with Crippen LogP contribution in [-0.2, 0) is 6.42 Å². The molecule has 35 heavy (non-hydrogen) atoms. The van der Waals surface area contributed by atoms with Gasteiger partial charge in [0, 0.05) is 5.56 Å². The highest BCUT2D eigenvalue weighted by Crippen LogP contribution is 2.41. The summed E-state index contributed by atoms with van der Waals surface area (Å²) in [6.07, 6.45) is 3.57. The highest BCUT2D eigenvalue weighted by molar-refractivity contribution is 7.07. The first-order valence-electron chi connectivity index (χ1n) is 11.3. The molecule has 0 saturated heterocycles. The van der Waals surface area contributed by atoms with Crippen LogP contribution in [-0.4, -0.2) is 11.7 Å².